The Hall–Kier alpha value is -4.54. The lowest BCUT2D eigenvalue weighted by Gasteiger charge is -2.30. The average molecular weight is 606 g/mol. The van der Waals surface area contributed by atoms with Crippen LogP contribution < -0.4 is 16.0 Å². The number of anilines is 2. The molecule has 0 amide bonds. The molecule has 4 N–H and O–H groups in total. The number of nitrogens with one attached hydrogen (secondary N) is 2. The molecule has 0 atom stereocenters. The SMILES string of the molecule is CC(C)c1cnn2c(NCc3ccccc3-c3cc4cc(CC(=O)/C=C/CN(C)C)ccc4[nH]3)nc(N3CCC(N)CC3)nc12. The number of nitrogens with two attached hydrogens (primary N) is 1. The maximum Gasteiger partial charge on any atom is 0.230 e. The third kappa shape index (κ3) is 6.92. The Bertz CT molecular complexity index is 1830. The van der Waals surface area contributed by atoms with Gasteiger partial charge in [-0.05, 0) is 68.3 Å². The number of aromatic amines is 1. The quantitative estimate of drug-likeness (QED) is 0.177. The minimum Gasteiger partial charge on any atom is -0.355 e. The van der Waals surface area contributed by atoms with E-state index in [2.05, 4.69) is 76.6 Å². The predicted octanol–water partition coefficient (Wildman–Crippen LogP) is 5.17. The molecule has 4 heterocycles. The van der Waals surface area contributed by atoms with Crippen LogP contribution >= 0.6 is 0 Å². The predicted molar refractivity (Wildman–Crippen MR) is 182 cm³/mol. The Kier molecular flexibility index (Phi) is 8.95. The molecule has 10 heteroatoms. The summed E-state index contributed by atoms with van der Waals surface area (Å²) in [5.41, 5.74) is 13.4. The van der Waals surface area contributed by atoms with Crippen molar-refractivity contribution < 1.29 is 4.79 Å². The first-order valence-corrected chi connectivity index (χ1v) is 15.8. The summed E-state index contributed by atoms with van der Waals surface area (Å²) in [5.74, 6) is 1.77. The number of hydrogen-bond donors (Lipinski definition) is 3. The third-order valence-corrected chi connectivity index (χ3v) is 8.41. The van der Waals surface area contributed by atoms with Crippen LogP contribution in [0.25, 0.3) is 27.8 Å². The van der Waals surface area contributed by atoms with E-state index in [9.17, 15) is 4.79 Å². The number of allylic oxidation sites excluding steroid dienone is 1. The summed E-state index contributed by atoms with van der Waals surface area (Å²) in [4.78, 5) is 30.2. The number of carbonyl (C=O) groups excluding carboxylic acids is 1. The number of nitrogens with zero attached hydrogens (tertiary/aromatic N) is 6. The van der Waals surface area contributed by atoms with Gasteiger partial charge in [0.05, 0.1) is 6.20 Å². The molecule has 1 fully saturated rings. The van der Waals surface area contributed by atoms with E-state index in [1.165, 1.54) is 0 Å². The zero-order valence-electron chi connectivity index (χ0n) is 26.6. The van der Waals surface area contributed by atoms with Crippen molar-refractivity contribution in [1.82, 2.24) is 29.5 Å². The zero-order valence-corrected chi connectivity index (χ0v) is 26.6. The molecule has 6 rings (SSSR count). The zero-order chi connectivity index (χ0) is 31.5. The highest BCUT2D eigenvalue weighted by atomic mass is 16.1. The third-order valence-electron chi connectivity index (χ3n) is 8.41. The molecule has 1 aliphatic rings. The second-order valence-corrected chi connectivity index (χ2v) is 12.6. The smallest absolute Gasteiger partial charge is 0.230 e. The fourth-order valence-electron chi connectivity index (χ4n) is 5.85. The molecule has 0 radical (unpaired) electrons. The summed E-state index contributed by atoms with van der Waals surface area (Å²) < 4.78 is 1.82. The number of aromatic nitrogens is 5. The van der Waals surface area contributed by atoms with Crippen LogP contribution in [0.3, 0.4) is 0 Å². The Balaban J connectivity index is 1.25. The van der Waals surface area contributed by atoms with Crippen molar-refractivity contribution in [3.8, 4) is 11.3 Å². The van der Waals surface area contributed by atoms with E-state index in [1.807, 2.05) is 41.8 Å². The van der Waals surface area contributed by atoms with E-state index in [4.69, 9.17) is 15.7 Å². The monoisotopic (exact) mass is 605 g/mol. The topological polar surface area (TPSA) is 120 Å². The van der Waals surface area contributed by atoms with Gasteiger partial charge in [-0.3, -0.25) is 4.79 Å². The maximum absolute atomic E-state index is 12.5. The lowest BCUT2D eigenvalue weighted by Crippen LogP contribution is -2.40. The lowest BCUT2D eigenvalue weighted by atomic mass is 10.0. The van der Waals surface area contributed by atoms with Gasteiger partial charge < -0.3 is 25.8 Å². The van der Waals surface area contributed by atoms with Crippen molar-refractivity contribution in [2.24, 2.45) is 5.73 Å². The molecule has 0 unspecified atom stereocenters. The number of piperidine rings is 1. The molecular weight excluding hydrogens is 562 g/mol. The van der Waals surface area contributed by atoms with Crippen molar-refractivity contribution in [3.63, 3.8) is 0 Å². The molecule has 0 aliphatic carbocycles. The number of benzene rings is 2. The van der Waals surface area contributed by atoms with E-state index in [1.54, 1.807) is 6.08 Å². The van der Waals surface area contributed by atoms with E-state index in [0.29, 0.717) is 24.9 Å². The van der Waals surface area contributed by atoms with E-state index >= 15 is 0 Å². The van der Waals surface area contributed by atoms with E-state index < -0.39 is 0 Å². The Labute approximate surface area is 264 Å². The van der Waals surface area contributed by atoms with Crippen LogP contribution in [-0.2, 0) is 17.8 Å². The summed E-state index contributed by atoms with van der Waals surface area (Å²) in [6.45, 7) is 7.30. The number of carbonyl (C=O) groups is 1. The molecule has 1 aliphatic heterocycles. The molecule has 45 heavy (non-hydrogen) atoms. The van der Waals surface area contributed by atoms with Gasteiger partial charge in [0.25, 0.3) is 0 Å². The van der Waals surface area contributed by atoms with Gasteiger partial charge in [-0.15, -0.1) is 0 Å². The summed E-state index contributed by atoms with van der Waals surface area (Å²) in [5, 5.41) is 9.33. The molecule has 234 valence electrons. The van der Waals surface area contributed by atoms with Crippen molar-refractivity contribution in [2.45, 2.75) is 51.6 Å². The molecular formula is C35H43N9O. The van der Waals surface area contributed by atoms with Gasteiger partial charge in [0.15, 0.2) is 11.4 Å². The van der Waals surface area contributed by atoms with Crippen LogP contribution in [0.5, 0.6) is 0 Å². The Morgan fingerprint density at radius 3 is 2.71 bits per heavy atom. The van der Waals surface area contributed by atoms with Crippen LogP contribution in [0.2, 0.25) is 0 Å². The highest BCUT2D eigenvalue weighted by Crippen LogP contribution is 2.29. The fraction of sp³-hybridized carbons (Fsp3) is 0.371. The molecule has 3 aromatic heterocycles. The number of ketones is 1. The van der Waals surface area contributed by atoms with Gasteiger partial charge >= 0.3 is 0 Å². The molecule has 0 saturated carbocycles. The first-order chi connectivity index (χ1) is 21.7. The number of rotatable bonds is 11. The number of fused-ring (bicyclic) bond motifs is 2. The number of H-pyrrole nitrogens is 1. The van der Waals surface area contributed by atoms with Crippen LogP contribution in [0.4, 0.5) is 11.9 Å². The summed E-state index contributed by atoms with van der Waals surface area (Å²) in [6, 6.07) is 16.9. The number of likely N-dealkylation sites (N-methyl/N-ethyl adjacent to an activating group) is 1. The fourth-order valence-corrected chi connectivity index (χ4v) is 5.85. The number of hydrogen-bond acceptors (Lipinski definition) is 8. The van der Waals surface area contributed by atoms with Gasteiger partial charge in [0.2, 0.25) is 11.9 Å². The Morgan fingerprint density at radius 1 is 1.13 bits per heavy atom. The van der Waals surface area contributed by atoms with Crippen LogP contribution in [0.15, 0.2) is 66.9 Å². The minimum absolute atomic E-state index is 0.104. The minimum atomic E-state index is 0.104. The van der Waals surface area contributed by atoms with E-state index in [0.717, 1.165) is 77.0 Å². The molecule has 0 bridgehead atoms. The molecule has 10 nitrogen and oxygen atoms in total. The second-order valence-electron chi connectivity index (χ2n) is 12.6. The largest absolute Gasteiger partial charge is 0.355 e. The summed E-state index contributed by atoms with van der Waals surface area (Å²) in [6.07, 6.45) is 7.72. The van der Waals surface area contributed by atoms with Crippen LogP contribution in [0, 0.1) is 0 Å². The highest BCUT2D eigenvalue weighted by Gasteiger charge is 2.22. The summed E-state index contributed by atoms with van der Waals surface area (Å²) >= 11 is 0. The van der Waals surface area contributed by atoms with Crippen LogP contribution in [0.1, 0.15) is 49.3 Å². The molecule has 5 aromatic rings. The first-order valence-electron chi connectivity index (χ1n) is 15.8. The van der Waals surface area contributed by atoms with Gasteiger partial charge in [-0.2, -0.15) is 19.6 Å². The molecule has 0 spiro atoms. The van der Waals surface area contributed by atoms with E-state index in [-0.39, 0.29) is 17.7 Å². The van der Waals surface area contributed by atoms with Gasteiger partial charge in [-0.25, -0.2) is 0 Å². The standard InChI is InChI=1S/C35H43N9O/c1-23(2)30-22-38-44-33(30)40-35(43-16-13-27(36)14-17-43)41-34(44)37-21-25-8-5-6-10-29(25)32-20-26-18-24(11-12-31(26)39-32)19-28(45)9-7-15-42(3)4/h5-12,18,20,22-23,27,39H,13-17,19,21,36H2,1-4H3,(H,37,40,41)/b9-7+. The second kappa shape index (κ2) is 13.2. The molecule has 2 aromatic carbocycles. The van der Waals surface area contributed by atoms with Crippen molar-refractivity contribution in [3.05, 3.63) is 83.6 Å². The van der Waals surface area contributed by atoms with Crippen molar-refractivity contribution in [1.29, 1.82) is 0 Å². The van der Waals surface area contributed by atoms with Gasteiger partial charge in [0, 0.05) is 66.4 Å². The summed E-state index contributed by atoms with van der Waals surface area (Å²) in [7, 11) is 3.97. The maximum atomic E-state index is 12.5. The van der Waals surface area contributed by atoms with Crippen molar-refractivity contribution in [2.75, 3.05) is 43.9 Å². The highest BCUT2D eigenvalue weighted by molar-refractivity contribution is 5.93. The lowest BCUT2D eigenvalue weighted by molar-refractivity contribution is -0.114. The van der Waals surface area contributed by atoms with Gasteiger partial charge in [0.1, 0.15) is 0 Å². The average Bonchev–Trinajstić information content (AvgIpc) is 3.64. The first kappa shape index (κ1) is 30.5. The Morgan fingerprint density at radius 2 is 1.93 bits per heavy atom. The normalized spacial score (nSPS) is 14.5. The van der Waals surface area contributed by atoms with Crippen molar-refractivity contribution >= 4 is 34.2 Å². The van der Waals surface area contributed by atoms with Crippen LogP contribution in [-0.4, -0.2) is 75.0 Å². The molecule has 1 saturated heterocycles. The van der Waals surface area contributed by atoms with Gasteiger partial charge in [-0.1, -0.05) is 50.3 Å².